The number of aryl methyl sites for hydroxylation is 1. The van der Waals surface area contributed by atoms with Gasteiger partial charge in [0.1, 0.15) is 17.0 Å². The summed E-state index contributed by atoms with van der Waals surface area (Å²) in [6, 6.07) is 2.91. The summed E-state index contributed by atoms with van der Waals surface area (Å²) < 4.78 is 1.42. The van der Waals surface area contributed by atoms with Crippen molar-refractivity contribution in [3.05, 3.63) is 45.4 Å². The number of rotatable bonds is 2. The van der Waals surface area contributed by atoms with Gasteiger partial charge in [0, 0.05) is 44.9 Å². The van der Waals surface area contributed by atoms with Gasteiger partial charge in [-0.3, -0.25) is 28.6 Å². The van der Waals surface area contributed by atoms with Crippen LogP contribution in [0.5, 0.6) is 0 Å². The molecule has 4 heterocycles. The fourth-order valence-electron chi connectivity index (χ4n) is 3.56. The summed E-state index contributed by atoms with van der Waals surface area (Å²) in [6.45, 7) is 3.28. The Morgan fingerprint density at radius 3 is 2.30 bits per heavy atom. The number of hydrogen-bond donors (Lipinski definition) is 0. The van der Waals surface area contributed by atoms with Crippen molar-refractivity contribution >= 4 is 47.1 Å². The van der Waals surface area contributed by atoms with E-state index in [2.05, 4.69) is 0 Å². The minimum absolute atomic E-state index is 0.165. The Labute approximate surface area is 177 Å². The topological polar surface area (TPSA) is 95.3 Å². The largest absolute Gasteiger partial charge is 0.354 e. The van der Waals surface area contributed by atoms with Crippen LogP contribution in [0.4, 0.5) is 10.6 Å². The molecule has 2 aliphatic heterocycles. The molecule has 0 bridgehead atoms. The second-order valence-corrected chi connectivity index (χ2v) is 8.43. The summed E-state index contributed by atoms with van der Waals surface area (Å²) in [5.74, 6) is 0.754. The van der Waals surface area contributed by atoms with E-state index in [9.17, 15) is 19.2 Å². The molecule has 0 spiro atoms. The number of hydrogen-bond acceptors (Lipinski definition) is 7. The first-order valence-corrected chi connectivity index (χ1v) is 10.6. The minimum Gasteiger partial charge on any atom is -0.354 e. The second-order valence-electron chi connectivity index (χ2n) is 7.21. The van der Waals surface area contributed by atoms with Gasteiger partial charge in [-0.05, 0) is 24.6 Å². The van der Waals surface area contributed by atoms with E-state index >= 15 is 0 Å². The lowest BCUT2D eigenvalue weighted by Crippen LogP contribution is -2.53. The van der Waals surface area contributed by atoms with Gasteiger partial charge in [-0.15, -0.1) is 0 Å². The molecule has 2 aromatic heterocycles. The van der Waals surface area contributed by atoms with Crippen LogP contribution in [0.25, 0.3) is 11.7 Å². The SMILES string of the molecule is Cc1cccn2c(=O)c(C=C3C(=O)N(C)C(=O)N(C)C3=O)c(N3CCSCC3)nc12. The number of urea groups is 1. The molecule has 2 saturated heterocycles. The van der Waals surface area contributed by atoms with E-state index in [1.807, 2.05) is 29.7 Å². The van der Waals surface area contributed by atoms with E-state index in [1.165, 1.54) is 24.6 Å². The second kappa shape index (κ2) is 7.60. The summed E-state index contributed by atoms with van der Waals surface area (Å²) in [5, 5.41) is 0. The maximum Gasteiger partial charge on any atom is 0.333 e. The monoisotopic (exact) mass is 427 g/mol. The summed E-state index contributed by atoms with van der Waals surface area (Å²) in [7, 11) is 2.61. The fourth-order valence-corrected chi connectivity index (χ4v) is 4.47. The number of anilines is 1. The molecule has 2 aliphatic rings. The van der Waals surface area contributed by atoms with Crippen LogP contribution < -0.4 is 10.5 Å². The van der Waals surface area contributed by atoms with Gasteiger partial charge in [0.15, 0.2) is 0 Å². The predicted octanol–water partition coefficient (Wildman–Crippen LogP) is 0.990. The van der Waals surface area contributed by atoms with Crippen LogP contribution in [0, 0.1) is 6.92 Å². The van der Waals surface area contributed by atoms with Crippen molar-refractivity contribution in [2.75, 3.05) is 43.6 Å². The average molecular weight is 427 g/mol. The predicted molar refractivity (Wildman–Crippen MR) is 115 cm³/mol. The van der Waals surface area contributed by atoms with Crippen LogP contribution in [0.15, 0.2) is 28.7 Å². The van der Waals surface area contributed by atoms with Crippen molar-refractivity contribution in [2.24, 2.45) is 0 Å². The fraction of sp³-hybridized carbons (Fsp3) is 0.350. The summed E-state index contributed by atoms with van der Waals surface area (Å²) in [5.41, 5.74) is 0.934. The average Bonchev–Trinajstić information content (AvgIpc) is 2.76. The van der Waals surface area contributed by atoms with Crippen LogP contribution in [0.1, 0.15) is 11.1 Å². The number of thioether (sulfide) groups is 1. The van der Waals surface area contributed by atoms with Crippen molar-refractivity contribution < 1.29 is 14.4 Å². The van der Waals surface area contributed by atoms with Crippen molar-refractivity contribution in [3.8, 4) is 0 Å². The normalized spacial score (nSPS) is 17.9. The van der Waals surface area contributed by atoms with E-state index in [0.29, 0.717) is 24.6 Å². The van der Waals surface area contributed by atoms with E-state index in [0.717, 1.165) is 26.9 Å². The lowest BCUT2D eigenvalue weighted by Gasteiger charge is -2.30. The number of imide groups is 2. The number of likely N-dealkylation sites (N-methyl/N-ethyl adjacent to an activating group) is 2. The zero-order chi connectivity index (χ0) is 21.6. The Kier molecular flexibility index (Phi) is 5.10. The summed E-state index contributed by atoms with van der Waals surface area (Å²) in [4.78, 5) is 59.2. The first-order chi connectivity index (χ1) is 14.3. The molecule has 4 amide bonds. The molecular weight excluding hydrogens is 406 g/mol. The van der Waals surface area contributed by atoms with Crippen LogP contribution in [-0.2, 0) is 9.59 Å². The lowest BCUT2D eigenvalue weighted by atomic mass is 10.1. The third kappa shape index (κ3) is 3.17. The standard InChI is InChI=1S/C20H21N5O4S/c1-12-5-4-6-25-15(12)21-16(24-7-9-30-10-8-24)13(19(25)28)11-14-17(26)22(2)20(29)23(3)18(14)27/h4-6,11H,7-10H2,1-3H3. The first kappa shape index (κ1) is 20.1. The number of aromatic nitrogens is 2. The summed E-state index contributed by atoms with van der Waals surface area (Å²) >= 11 is 1.82. The van der Waals surface area contributed by atoms with E-state index in [-0.39, 0.29) is 16.7 Å². The van der Waals surface area contributed by atoms with Gasteiger partial charge in [0.05, 0.1) is 5.56 Å². The van der Waals surface area contributed by atoms with Gasteiger partial charge < -0.3 is 4.90 Å². The zero-order valence-corrected chi connectivity index (χ0v) is 17.7. The number of carbonyl (C=O) groups is 3. The van der Waals surface area contributed by atoms with Crippen LogP contribution in [-0.4, -0.2) is 75.7 Å². The molecule has 4 rings (SSSR count). The minimum atomic E-state index is -0.739. The Morgan fingerprint density at radius 1 is 1.03 bits per heavy atom. The van der Waals surface area contributed by atoms with Gasteiger partial charge in [0.25, 0.3) is 17.4 Å². The molecular formula is C20H21N5O4S. The molecule has 0 unspecified atom stereocenters. The molecule has 0 aliphatic carbocycles. The Morgan fingerprint density at radius 2 is 1.67 bits per heavy atom. The molecule has 0 aromatic carbocycles. The number of barbiturate groups is 1. The number of amides is 4. The third-order valence-electron chi connectivity index (χ3n) is 5.31. The number of carbonyl (C=O) groups excluding carboxylic acids is 3. The molecule has 2 aromatic rings. The molecule has 0 N–H and O–H groups in total. The lowest BCUT2D eigenvalue weighted by molar-refractivity contribution is -0.134. The highest BCUT2D eigenvalue weighted by Gasteiger charge is 2.38. The number of fused-ring (bicyclic) bond motifs is 1. The highest BCUT2D eigenvalue weighted by molar-refractivity contribution is 7.99. The van der Waals surface area contributed by atoms with Crippen molar-refractivity contribution in [2.45, 2.75) is 6.92 Å². The van der Waals surface area contributed by atoms with Gasteiger partial charge in [-0.1, -0.05) is 6.07 Å². The highest BCUT2D eigenvalue weighted by Crippen LogP contribution is 2.25. The molecule has 10 heteroatoms. The molecule has 156 valence electrons. The molecule has 0 saturated carbocycles. The van der Waals surface area contributed by atoms with Gasteiger partial charge in [-0.2, -0.15) is 11.8 Å². The van der Waals surface area contributed by atoms with Crippen molar-refractivity contribution in [1.29, 1.82) is 0 Å². The number of nitrogens with zero attached hydrogens (tertiary/aromatic N) is 5. The summed E-state index contributed by atoms with van der Waals surface area (Å²) in [6.07, 6.45) is 2.90. The van der Waals surface area contributed by atoms with Gasteiger partial charge in [-0.25, -0.2) is 9.78 Å². The molecule has 0 atom stereocenters. The van der Waals surface area contributed by atoms with Crippen molar-refractivity contribution in [1.82, 2.24) is 19.2 Å². The Balaban J connectivity index is 1.97. The highest BCUT2D eigenvalue weighted by atomic mass is 32.2. The van der Waals surface area contributed by atoms with E-state index in [1.54, 1.807) is 12.3 Å². The first-order valence-electron chi connectivity index (χ1n) is 9.47. The van der Waals surface area contributed by atoms with Crippen LogP contribution >= 0.6 is 11.8 Å². The Bertz CT molecular complexity index is 1140. The maximum absolute atomic E-state index is 13.4. The van der Waals surface area contributed by atoms with Gasteiger partial charge >= 0.3 is 6.03 Å². The molecule has 2 fully saturated rings. The quantitative estimate of drug-likeness (QED) is 0.521. The molecule has 9 nitrogen and oxygen atoms in total. The third-order valence-corrected chi connectivity index (χ3v) is 6.25. The van der Waals surface area contributed by atoms with Crippen molar-refractivity contribution in [3.63, 3.8) is 0 Å². The number of pyridine rings is 1. The van der Waals surface area contributed by atoms with Gasteiger partial charge in [0.2, 0.25) is 0 Å². The Hall–Kier alpha value is -3.14. The van der Waals surface area contributed by atoms with E-state index < -0.39 is 17.8 Å². The smallest absolute Gasteiger partial charge is 0.333 e. The van der Waals surface area contributed by atoms with E-state index in [4.69, 9.17) is 4.98 Å². The molecule has 30 heavy (non-hydrogen) atoms. The van der Waals surface area contributed by atoms with Crippen LogP contribution in [0.2, 0.25) is 0 Å². The molecule has 0 radical (unpaired) electrons. The van der Waals surface area contributed by atoms with Crippen LogP contribution in [0.3, 0.4) is 0 Å². The maximum atomic E-state index is 13.4. The zero-order valence-electron chi connectivity index (χ0n) is 16.9.